The highest BCUT2D eigenvalue weighted by Crippen LogP contribution is 2.32. The molecule has 10 nitrogen and oxygen atoms in total. The number of benzene rings is 2. The average Bonchev–Trinajstić information content (AvgIpc) is 3.28. The molecular formula is C23H19FN6O4S. The normalized spacial score (nSPS) is 11.6. The van der Waals surface area contributed by atoms with Crippen molar-refractivity contribution >= 4 is 29.0 Å². The van der Waals surface area contributed by atoms with Gasteiger partial charge in [0.15, 0.2) is 11.0 Å². The first-order valence-corrected chi connectivity index (χ1v) is 11.2. The van der Waals surface area contributed by atoms with Crippen LogP contribution in [0.25, 0.3) is 17.1 Å². The summed E-state index contributed by atoms with van der Waals surface area (Å²) in [4.78, 5) is 27.6. The zero-order valence-corrected chi connectivity index (χ0v) is 19.4. The number of nitro groups is 1. The number of nitrogens with zero attached hydrogens (tertiary/aromatic N) is 5. The van der Waals surface area contributed by atoms with Crippen LogP contribution in [0.15, 0.2) is 72.1 Å². The Bertz CT molecular complexity index is 1360. The molecule has 0 aliphatic rings. The SMILES string of the molecule is COc1ccc([N+](=O)[O-])cc1NC(=O)[C@H](C)Sc1nnc(-c2ccncc2)n1-c1ccc(F)cc1. The zero-order chi connectivity index (χ0) is 24.9. The van der Waals surface area contributed by atoms with E-state index < -0.39 is 16.1 Å². The summed E-state index contributed by atoms with van der Waals surface area (Å²) in [5.74, 6) is -0.0295. The van der Waals surface area contributed by atoms with E-state index in [0.29, 0.717) is 16.7 Å². The largest absolute Gasteiger partial charge is 0.495 e. The van der Waals surface area contributed by atoms with Gasteiger partial charge in [0.25, 0.3) is 5.69 Å². The number of amides is 1. The molecule has 1 N–H and O–H groups in total. The number of methoxy groups -OCH3 is 1. The number of halogens is 1. The van der Waals surface area contributed by atoms with Crippen molar-refractivity contribution in [1.29, 1.82) is 0 Å². The minimum atomic E-state index is -0.673. The molecule has 0 saturated carbocycles. The molecule has 0 fully saturated rings. The summed E-state index contributed by atoms with van der Waals surface area (Å²) in [5, 5.41) is 22.1. The second kappa shape index (κ2) is 10.3. The van der Waals surface area contributed by atoms with E-state index in [2.05, 4.69) is 20.5 Å². The van der Waals surface area contributed by atoms with E-state index in [1.54, 1.807) is 48.1 Å². The van der Waals surface area contributed by atoms with Crippen LogP contribution in [0.4, 0.5) is 15.8 Å². The Morgan fingerprint density at radius 1 is 1.14 bits per heavy atom. The van der Waals surface area contributed by atoms with Crippen LogP contribution in [0, 0.1) is 15.9 Å². The number of thioether (sulfide) groups is 1. The lowest BCUT2D eigenvalue weighted by molar-refractivity contribution is -0.384. The van der Waals surface area contributed by atoms with Gasteiger partial charge in [-0.2, -0.15) is 0 Å². The fraction of sp³-hybridized carbons (Fsp3) is 0.130. The predicted octanol–water partition coefficient (Wildman–Crippen LogP) is 4.50. The smallest absolute Gasteiger partial charge is 0.271 e. The van der Waals surface area contributed by atoms with Gasteiger partial charge in [-0.25, -0.2) is 4.39 Å². The van der Waals surface area contributed by atoms with Gasteiger partial charge in [-0.15, -0.1) is 10.2 Å². The Morgan fingerprint density at radius 3 is 2.51 bits per heavy atom. The maximum absolute atomic E-state index is 13.6. The van der Waals surface area contributed by atoms with Crippen LogP contribution >= 0.6 is 11.8 Å². The Morgan fingerprint density at radius 2 is 1.86 bits per heavy atom. The molecule has 4 rings (SSSR count). The fourth-order valence-electron chi connectivity index (χ4n) is 3.21. The monoisotopic (exact) mass is 494 g/mol. The molecule has 2 heterocycles. The van der Waals surface area contributed by atoms with Crippen LogP contribution in [0.2, 0.25) is 0 Å². The van der Waals surface area contributed by atoms with Crippen LogP contribution in [0.1, 0.15) is 6.92 Å². The number of nitrogens with one attached hydrogen (secondary N) is 1. The second-order valence-corrected chi connectivity index (χ2v) is 8.55. The van der Waals surface area contributed by atoms with Gasteiger partial charge >= 0.3 is 0 Å². The molecule has 0 unspecified atom stereocenters. The molecule has 0 radical (unpaired) electrons. The van der Waals surface area contributed by atoms with Crippen LogP contribution < -0.4 is 10.1 Å². The molecule has 0 spiro atoms. The van der Waals surface area contributed by atoms with E-state index in [-0.39, 0.29) is 22.9 Å². The van der Waals surface area contributed by atoms with Gasteiger partial charge in [-0.3, -0.25) is 24.5 Å². The number of hydrogen-bond acceptors (Lipinski definition) is 8. The third-order valence-corrected chi connectivity index (χ3v) is 6.00. The van der Waals surface area contributed by atoms with Gasteiger partial charge in [-0.1, -0.05) is 11.8 Å². The molecule has 4 aromatic rings. The van der Waals surface area contributed by atoms with Crippen molar-refractivity contribution in [2.24, 2.45) is 0 Å². The van der Waals surface area contributed by atoms with Gasteiger partial charge in [-0.05, 0) is 49.4 Å². The quantitative estimate of drug-likeness (QED) is 0.216. The Hall–Kier alpha value is -4.32. The lowest BCUT2D eigenvalue weighted by Crippen LogP contribution is -2.23. The summed E-state index contributed by atoms with van der Waals surface area (Å²) < 4.78 is 20.5. The van der Waals surface area contributed by atoms with Gasteiger partial charge in [0, 0.05) is 35.8 Å². The predicted molar refractivity (Wildman–Crippen MR) is 128 cm³/mol. The highest BCUT2D eigenvalue weighted by molar-refractivity contribution is 8.00. The van der Waals surface area contributed by atoms with Crippen molar-refractivity contribution in [3.05, 3.63) is 82.9 Å². The molecule has 0 bridgehead atoms. The van der Waals surface area contributed by atoms with Crippen molar-refractivity contribution in [1.82, 2.24) is 19.7 Å². The Balaban J connectivity index is 1.63. The standard InChI is InChI=1S/C23H19FN6O4S/c1-14(22(31)26-19-13-18(30(32)33)7-8-20(19)34-2)35-23-28-27-21(15-9-11-25-12-10-15)29(23)17-5-3-16(24)4-6-17/h3-14H,1-2H3,(H,26,31)/t14-/m0/s1. The summed E-state index contributed by atoms with van der Waals surface area (Å²) >= 11 is 1.13. The molecule has 2 aromatic carbocycles. The summed E-state index contributed by atoms with van der Waals surface area (Å²) in [6.45, 7) is 1.67. The van der Waals surface area contributed by atoms with Gasteiger partial charge in [0.05, 0.1) is 23.0 Å². The summed E-state index contributed by atoms with van der Waals surface area (Å²) in [7, 11) is 1.40. The third kappa shape index (κ3) is 5.27. The van der Waals surface area contributed by atoms with Gasteiger partial charge < -0.3 is 10.1 Å². The number of aromatic nitrogens is 4. The Kier molecular flexibility index (Phi) is 7.01. The number of carbonyl (C=O) groups excluding carboxylic acids is 1. The van der Waals surface area contributed by atoms with E-state index in [1.165, 1.54) is 37.4 Å². The van der Waals surface area contributed by atoms with Crippen LogP contribution in [0.5, 0.6) is 5.75 Å². The second-order valence-electron chi connectivity index (χ2n) is 7.24. The minimum Gasteiger partial charge on any atom is -0.495 e. The van der Waals surface area contributed by atoms with Crippen LogP contribution in [0.3, 0.4) is 0 Å². The number of carbonyl (C=O) groups is 1. The minimum absolute atomic E-state index is 0.177. The van der Waals surface area contributed by atoms with Crippen molar-refractivity contribution in [2.75, 3.05) is 12.4 Å². The highest BCUT2D eigenvalue weighted by atomic mass is 32.2. The first-order valence-electron chi connectivity index (χ1n) is 10.3. The molecule has 0 aliphatic heterocycles. The first-order chi connectivity index (χ1) is 16.9. The van der Waals surface area contributed by atoms with Gasteiger partial charge in [0.1, 0.15) is 11.6 Å². The van der Waals surface area contributed by atoms with Crippen molar-refractivity contribution in [3.63, 3.8) is 0 Å². The number of non-ortho nitro benzene ring substituents is 1. The fourth-order valence-corrected chi connectivity index (χ4v) is 4.08. The molecule has 12 heteroatoms. The number of rotatable bonds is 8. The lowest BCUT2D eigenvalue weighted by atomic mass is 10.2. The molecule has 35 heavy (non-hydrogen) atoms. The number of pyridine rings is 1. The van der Waals surface area contributed by atoms with Crippen LogP contribution in [-0.2, 0) is 4.79 Å². The summed E-state index contributed by atoms with van der Waals surface area (Å²) in [6.07, 6.45) is 3.24. The Labute approximate surface area is 203 Å². The van der Waals surface area contributed by atoms with E-state index in [4.69, 9.17) is 4.74 Å². The maximum Gasteiger partial charge on any atom is 0.271 e. The zero-order valence-electron chi connectivity index (χ0n) is 18.6. The van der Waals surface area contributed by atoms with Crippen LogP contribution in [-0.4, -0.2) is 42.9 Å². The number of hydrogen-bond donors (Lipinski definition) is 1. The lowest BCUT2D eigenvalue weighted by Gasteiger charge is -2.15. The van der Waals surface area contributed by atoms with Crippen molar-refractivity contribution in [3.8, 4) is 22.8 Å². The molecule has 0 saturated heterocycles. The first kappa shape index (κ1) is 23.8. The van der Waals surface area contributed by atoms with E-state index in [9.17, 15) is 19.3 Å². The van der Waals surface area contributed by atoms with E-state index in [1.807, 2.05) is 0 Å². The summed E-state index contributed by atoms with van der Waals surface area (Å²) in [5.41, 5.74) is 1.34. The molecule has 1 amide bonds. The highest BCUT2D eigenvalue weighted by Gasteiger charge is 2.23. The molecule has 0 aliphatic carbocycles. The van der Waals surface area contributed by atoms with Crippen molar-refractivity contribution in [2.45, 2.75) is 17.3 Å². The number of anilines is 1. The molecular weight excluding hydrogens is 475 g/mol. The molecule has 1 atom stereocenters. The number of nitro benzene ring substituents is 1. The van der Waals surface area contributed by atoms with E-state index in [0.717, 1.165) is 17.3 Å². The third-order valence-electron chi connectivity index (χ3n) is 4.96. The maximum atomic E-state index is 13.6. The van der Waals surface area contributed by atoms with E-state index >= 15 is 0 Å². The summed E-state index contributed by atoms with van der Waals surface area (Å²) in [6, 6.07) is 13.3. The topological polar surface area (TPSA) is 125 Å². The average molecular weight is 495 g/mol. The van der Waals surface area contributed by atoms with Gasteiger partial charge in [0.2, 0.25) is 5.91 Å². The number of ether oxygens (including phenoxy) is 1. The molecule has 178 valence electrons. The molecule has 2 aromatic heterocycles. The van der Waals surface area contributed by atoms with Crippen molar-refractivity contribution < 1.29 is 18.8 Å².